The van der Waals surface area contributed by atoms with Gasteiger partial charge in [-0.05, 0) is 17.5 Å². The minimum Gasteiger partial charge on any atom is -0.197 e. The van der Waals surface area contributed by atoms with Gasteiger partial charge in [0.15, 0.2) is 0 Å². The second kappa shape index (κ2) is 2.03. The minimum atomic E-state index is -0.290. The van der Waals surface area contributed by atoms with Crippen LogP contribution in [-0.4, -0.2) is 0 Å². The fraction of sp³-hybridized carbons (Fsp3) is 0.250. The summed E-state index contributed by atoms with van der Waals surface area (Å²) in [6, 6.07) is 10.7. The second-order valence-corrected chi connectivity index (χ2v) is 3.84. The van der Waals surface area contributed by atoms with Crippen LogP contribution in [0.2, 0.25) is 0 Å². The second-order valence-electron chi connectivity index (χ2n) is 3.84. The molecule has 0 heterocycles. The highest BCUT2D eigenvalue weighted by molar-refractivity contribution is 5.56. The lowest BCUT2D eigenvalue weighted by Gasteiger charge is -2.16. The van der Waals surface area contributed by atoms with Gasteiger partial charge in [0, 0.05) is 5.92 Å². The first-order chi connectivity index (χ1) is 6.36. The van der Waals surface area contributed by atoms with E-state index in [0.29, 0.717) is 5.92 Å². The van der Waals surface area contributed by atoms with Crippen LogP contribution in [0.5, 0.6) is 0 Å². The number of fused-ring (bicyclic) bond motifs is 5. The summed E-state index contributed by atoms with van der Waals surface area (Å²) in [5.74, 6) is 0.496. The fourth-order valence-corrected chi connectivity index (χ4v) is 2.55. The van der Waals surface area contributed by atoms with E-state index in [0.717, 1.165) is 6.42 Å². The molecular formula is C12H9N. The maximum Gasteiger partial charge on any atom is 0.101 e. The van der Waals surface area contributed by atoms with Crippen molar-refractivity contribution in [2.45, 2.75) is 17.8 Å². The SMILES string of the molecule is N#CC12C=CC(C1)c1ccccc12. The first-order valence-corrected chi connectivity index (χ1v) is 4.56. The first kappa shape index (κ1) is 6.91. The van der Waals surface area contributed by atoms with Gasteiger partial charge in [-0.1, -0.05) is 36.4 Å². The molecule has 13 heavy (non-hydrogen) atoms. The highest BCUT2D eigenvalue weighted by atomic mass is 14.5. The van der Waals surface area contributed by atoms with Crippen LogP contribution in [-0.2, 0) is 5.41 Å². The standard InChI is InChI=1S/C12H9N/c13-8-12-6-5-9(7-12)10-3-1-2-4-11(10)12/h1-6,9H,7H2. The van der Waals surface area contributed by atoms with Crippen molar-refractivity contribution in [1.29, 1.82) is 5.26 Å². The smallest absolute Gasteiger partial charge is 0.101 e. The summed E-state index contributed by atoms with van der Waals surface area (Å²) < 4.78 is 0. The molecule has 0 amide bonds. The molecular weight excluding hydrogens is 158 g/mol. The van der Waals surface area contributed by atoms with Gasteiger partial charge in [0.1, 0.15) is 5.41 Å². The van der Waals surface area contributed by atoms with Crippen molar-refractivity contribution in [2.75, 3.05) is 0 Å². The molecule has 2 unspecified atom stereocenters. The van der Waals surface area contributed by atoms with Gasteiger partial charge in [-0.15, -0.1) is 0 Å². The summed E-state index contributed by atoms with van der Waals surface area (Å²) in [7, 11) is 0. The lowest BCUT2D eigenvalue weighted by atomic mass is 9.84. The van der Waals surface area contributed by atoms with Crippen molar-refractivity contribution in [1.82, 2.24) is 0 Å². The van der Waals surface area contributed by atoms with Crippen LogP contribution < -0.4 is 0 Å². The van der Waals surface area contributed by atoms with Gasteiger partial charge < -0.3 is 0 Å². The summed E-state index contributed by atoms with van der Waals surface area (Å²) in [5.41, 5.74) is 2.29. The predicted molar refractivity (Wildman–Crippen MR) is 50.2 cm³/mol. The molecule has 0 aliphatic heterocycles. The molecule has 1 aromatic rings. The van der Waals surface area contributed by atoms with E-state index in [-0.39, 0.29) is 5.41 Å². The summed E-state index contributed by atoms with van der Waals surface area (Å²) >= 11 is 0. The fourth-order valence-electron chi connectivity index (χ4n) is 2.55. The normalized spacial score (nSPS) is 33.0. The van der Waals surface area contributed by atoms with E-state index < -0.39 is 0 Å². The van der Waals surface area contributed by atoms with E-state index in [1.807, 2.05) is 6.07 Å². The maximum atomic E-state index is 9.19. The van der Waals surface area contributed by atoms with Crippen molar-refractivity contribution in [2.24, 2.45) is 0 Å². The lowest BCUT2D eigenvalue weighted by Crippen LogP contribution is -2.15. The number of allylic oxidation sites excluding steroid dienone is 2. The van der Waals surface area contributed by atoms with Crippen LogP contribution >= 0.6 is 0 Å². The number of rotatable bonds is 0. The van der Waals surface area contributed by atoms with Crippen LogP contribution in [0.4, 0.5) is 0 Å². The van der Waals surface area contributed by atoms with Crippen LogP contribution in [0, 0.1) is 11.3 Å². The molecule has 2 bridgehead atoms. The molecule has 2 aliphatic carbocycles. The highest BCUT2D eigenvalue weighted by Gasteiger charge is 2.45. The van der Waals surface area contributed by atoms with Gasteiger partial charge in [0.2, 0.25) is 0 Å². The quantitative estimate of drug-likeness (QED) is 0.544. The van der Waals surface area contributed by atoms with Crippen LogP contribution in [0.15, 0.2) is 36.4 Å². The number of nitriles is 1. The Labute approximate surface area is 77.3 Å². The molecule has 1 heteroatoms. The molecule has 3 rings (SSSR count). The molecule has 0 spiro atoms. The Morgan fingerprint density at radius 1 is 1.38 bits per heavy atom. The van der Waals surface area contributed by atoms with Gasteiger partial charge >= 0.3 is 0 Å². The van der Waals surface area contributed by atoms with E-state index in [1.54, 1.807) is 0 Å². The maximum absolute atomic E-state index is 9.19. The number of benzene rings is 1. The molecule has 1 nitrogen and oxygen atoms in total. The Bertz CT molecular complexity index is 439. The van der Waals surface area contributed by atoms with E-state index in [9.17, 15) is 5.26 Å². The molecule has 0 radical (unpaired) electrons. The van der Waals surface area contributed by atoms with Crippen LogP contribution in [0.1, 0.15) is 23.5 Å². The third-order valence-corrected chi connectivity index (χ3v) is 3.20. The first-order valence-electron chi connectivity index (χ1n) is 4.56. The molecule has 62 valence electrons. The average molecular weight is 167 g/mol. The Morgan fingerprint density at radius 2 is 2.23 bits per heavy atom. The summed E-state index contributed by atoms with van der Waals surface area (Å²) in [5, 5.41) is 9.19. The molecule has 0 aromatic heterocycles. The number of nitrogens with zero attached hydrogens (tertiary/aromatic N) is 1. The van der Waals surface area contributed by atoms with E-state index in [2.05, 4.69) is 36.4 Å². The molecule has 1 aromatic carbocycles. The highest BCUT2D eigenvalue weighted by Crippen LogP contribution is 2.52. The zero-order valence-electron chi connectivity index (χ0n) is 7.20. The van der Waals surface area contributed by atoms with Crippen molar-refractivity contribution in [3.8, 4) is 6.07 Å². The third-order valence-electron chi connectivity index (χ3n) is 3.20. The minimum absolute atomic E-state index is 0.290. The predicted octanol–water partition coefficient (Wildman–Crippen LogP) is 2.51. The Morgan fingerprint density at radius 3 is 3.08 bits per heavy atom. The van der Waals surface area contributed by atoms with Crippen molar-refractivity contribution in [3.05, 3.63) is 47.5 Å². The summed E-state index contributed by atoms with van der Waals surface area (Å²) in [4.78, 5) is 0. The zero-order chi connectivity index (χ0) is 8.89. The van der Waals surface area contributed by atoms with Crippen molar-refractivity contribution < 1.29 is 0 Å². The van der Waals surface area contributed by atoms with Gasteiger partial charge in [-0.2, -0.15) is 5.26 Å². The molecule has 0 N–H and O–H groups in total. The Hall–Kier alpha value is -1.55. The third kappa shape index (κ3) is 0.667. The van der Waals surface area contributed by atoms with Gasteiger partial charge in [-0.3, -0.25) is 0 Å². The average Bonchev–Trinajstić information content (AvgIpc) is 2.75. The molecule has 0 fully saturated rings. The van der Waals surface area contributed by atoms with Crippen LogP contribution in [0.25, 0.3) is 0 Å². The van der Waals surface area contributed by atoms with Gasteiger partial charge in [0.05, 0.1) is 6.07 Å². The molecule has 2 atom stereocenters. The van der Waals surface area contributed by atoms with E-state index >= 15 is 0 Å². The summed E-state index contributed by atoms with van der Waals surface area (Å²) in [6.07, 6.45) is 5.20. The molecule has 0 saturated carbocycles. The molecule has 2 aliphatic rings. The van der Waals surface area contributed by atoms with Crippen molar-refractivity contribution in [3.63, 3.8) is 0 Å². The van der Waals surface area contributed by atoms with E-state index in [4.69, 9.17) is 0 Å². The molecule has 0 saturated heterocycles. The topological polar surface area (TPSA) is 23.8 Å². The number of hydrogen-bond donors (Lipinski definition) is 0. The van der Waals surface area contributed by atoms with E-state index in [1.165, 1.54) is 11.1 Å². The Balaban J connectivity index is 2.32. The monoisotopic (exact) mass is 167 g/mol. The lowest BCUT2D eigenvalue weighted by molar-refractivity contribution is 0.683. The Kier molecular flexibility index (Phi) is 1.08. The summed E-state index contributed by atoms with van der Waals surface area (Å²) in [6.45, 7) is 0. The number of hydrogen-bond acceptors (Lipinski definition) is 1. The zero-order valence-corrected chi connectivity index (χ0v) is 7.20. The van der Waals surface area contributed by atoms with Gasteiger partial charge in [-0.25, -0.2) is 0 Å². The van der Waals surface area contributed by atoms with Crippen molar-refractivity contribution >= 4 is 0 Å². The van der Waals surface area contributed by atoms with Gasteiger partial charge in [0.25, 0.3) is 0 Å². The van der Waals surface area contributed by atoms with Crippen LogP contribution in [0.3, 0.4) is 0 Å². The largest absolute Gasteiger partial charge is 0.197 e.